The van der Waals surface area contributed by atoms with Gasteiger partial charge in [-0.05, 0) is 55.0 Å². The molecule has 0 radical (unpaired) electrons. The Morgan fingerprint density at radius 2 is 1.71 bits per heavy atom. The molecule has 1 aromatic heterocycles. The SMILES string of the molecule is CNC(=O)c1cc(Oc2ccc(NC(=O)Nc3ccc(Cl)c(C(F)(F)F)c3)cc2)ccn1.O=C1CN2C(=O)CCC2N1. The summed E-state index contributed by atoms with van der Waals surface area (Å²) in [6, 6.07) is 11.6. The number of anilines is 2. The first kappa shape index (κ1) is 30.1. The predicted octanol–water partition coefficient (Wildman–Crippen LogP) is 4.61. The number of carbonyl (C=O) groups is 4. The van der Waals surface area contributed by atoms with Crippen molar-refractivity contribution in [1.82, 2.24) is 20.5 Å². The molecule has 0 spiro atoms. The van der Waals surface area contributed by atoms with Gasteiger partial charge in [-0.1, -0.05) is 11.6 Å². The van der Waals surface area contributed by atoms with Gasteiger partial charge in [0.25, 0.3) is 5.91 Å². The molecular formula is C27H24ClF3N6O5. The average molecular weight is 605 g/mol. The van der Waals surface area contributed by atoms with E-state index >= 15 is 0 Å². The van der Waals surface area contributed by atoms with Crippen molar-refractivity contribution in [2.24, 2.45) is 0 Å². The van der Waals surface area contributed by atoms with Crippen LogP contribution in [0.3, 0.4) is 0 Å². The van der Waals surface area contributed by atoms with E-state index in [1.165, 1.54) is 25.4 Å². The van der Waals surface area contributed by atoms with Gasteiger partial charge in [0.05, 0.1) is 10.6 Å². The van der Waals surface area contributed by atoms with Crippen LogP contribution in [0.4, 0.5) is 29.3 Å². The summed E-state index contributed by atoms with van der Waals surface area (Å²) < 4.78 is 44.5. The van der Waals surface area contributed by atoms with E-state index in [1.807, 2.05) is 0 Å². The first-order chi connectivity index (χ1) is 19.9. The van der Waals surface area contributed by atoms with Crippen LogP contribution in [0.2, 0.25) is 5.02 Å². The van der Waals surface area contributed by atoms with Crippen LogP contribution >= 0.6 is 11.6 Å². The van der Waals surface area contributed by atoms with Gasteiger partial charge in [0.1, 0.15) is 29.9 Å². The van der Waals surface area contributed by atoms with Crippen LogP contribution in [0.1, 0.15) is 28.9 Å². The third-order valence-electron chi connectivity index (χ3n) is 6.04. The molecule has 5 amide bonds. The summed E-state index contributed by atoms with van der Waals surface area (Å²) in [5.74, 6) is 0.531. The standard InChI is InChI=1S/C21H16ClF3N4O3.C6H8N2O2/c1-26-19(30)18-11-15(8-9-27-18)32-14-5-2-12(3-6-14)28-20(31)29-13-4-7-17(22)16(10-13)21(23,24)25;9-5-3-8-4(7-5)1-2-6(8)10/h2-11H,1H3,(H,26,30)(H2,28,29,31);4H,1-3H2,(H,7,9). The molecule has 0 aliphatic carbocycles. The maximum atomic E-state index is 12.9. The first-order valence-corrected chi connectivity index (χ1v) is 12.8. The number of alkyl halides is 3. The lowest BCUT2D eigenvalue weighted by atomic mass is 10.2. The van der Waals surface area contributed by atoms with Crippen molar-refractivity contribution < 1.29 is 37.1 Å². The summed E-state index contributed by atoms with van der Waals surface area (Å²) in [7, 11) is 1.49. The number of hydrogen-bond acceptors (Lipinski definition) is 6. The number of pyridine rings is 1. The number of urea groups is 1. The largest absolute Gasteiger partial charge is 0.457 e. The van der Waals surface area contributed by atoms with Crippen molar-refractivity contribution in [3.05, 3.63) is 77.1 Å². The quantitative estimate of drug-likeness (QED) is 0.335. The van der Waals surface area contributed by atoms with Gasteiger partial charge in [-0.3, -0.25) is 19.4 Å². The number of rotatable bonds is 5. The van der Waals surface area contributed by atoms with E-state index in [0.717, 1.165) is 18.6 Å². The van der Waals surface area contributed by atoms with Crippen LogP contribution in [0.5, 0.6) is 11.5 Å². The van der Waals surface area contributed by atoms with E-state index in [9.17, 15) is 32.3 Å². The Labute approximate surface area is 242 Å². The van der Waals surface area contributed by atoms with Gasteiger partial charge in [-0.15, -0.1) is 0 Å². The Kier molecular flexibility index (Phi) is 9.15. The lowest BCUT2D eigenvalue weighted by Crippen LogP contribution is -2.31. The molecule has 4 N–H and O–H groups in total. The zero-order valence-corrected chi connectivity index (χ0v) is 22.7. The second-order valence-electron chi connectivity index (χ2n) is 9.00. The van der Waals surface area contributed by atoms with Gasteiger partial charge in [0.2, 0.25) is 11.8 Å². The van der Waals surface area contributed by atoms with Gasteiger partial charge in [0.15, 0.2) is 0 Å². The van der Waals surface area contributed by atoms with Crippen LogP contribution in [0.15, 0.2) is 60.8 Å². The maximum absolute atomic E-state index is 12.9. The van der Waals surface area contributed by atoms with Crippen molar-refractivity contribution in [3.8, 4) is 11.5 Å². The molecule has 220 valence electrons. The number of aromatic nitrogens is 1. The van der Waals surface area contributed by atoms with Crippen LogP contribution in [0.25, 0.3) is 0 Å². The fraction of sp³-hybridized carbons (Fsp3) is 0.222. The van der Waals surface area contributed by atoms with Crippen molar-refractivity contribution in [1.29, 1.82) is 0 Å². The number of fused-ring (bicyclic) bond motifs is 1. The number of carbonyl (C=O) groups excluding carboxylic acids is 4. The highest BCUT2D eigenvalue weighted by atomic mass is 35.5. The molecule has 2 aromatic carbocycles. The minimum Gasteiger partial charge on any atom is -0.457 e. The van der Waals surface area contributed by atoms with Gasteiger partial charge in [-0.2, -0.15) is 13.2 Å². The van der Waals surface area contributed by atoms with Crippen LogP contribution in [-0.2, 0) is 15.8 Å². The lowest BCUT2D eigenvalue weighted by Gasteiger charge is -2.12. The Morgan fingerprint density at radius 3 is 2.38 bits per heavy atom. The van der Waals surface area contributed by atoms with Crippen molar-refractivity contribution >= 4 is 46.7 Å². The van der Waals surface area contributed by atoms with E-state index in [-0.39, 0.29) is 41.8 Å². The minimum absolute atomic E-state index is 0.0139. The molecule has 1 unspecified atom stereocenters. The van der Waals surface area contributed by atoms with E-state index in [1.54, 1.807) is 35.2 Å². The lowest BCUT2D eigenvalue weighted by molar-refractivity contribution is -0.137. The minimum atomic E-state index is -4.64. The predicted molar refractivity (Wildman–Crippen MR) is 146 cm³/mol. The summed E-state index contributed by atoms with van der Waals surface area (Å²) in [5.41, 5.74) is -0.547. The molecule has 3 heterocycles. The van der Waals surface area contributed by atoms with E-state index in [4.69, 9.17) is 16.3 Å². The zero-order chi connectivity index (χ0) is 30.4. The monoisotopic (exact) mass is 604 g/mol. The fourth-order valence-electron chi connectivity index (χ4n) is 4.05. The topological polar surface area (TPSA) is 142 Å². The van der Waals surface area contributed by atoms with E-state index < -0.39 is 22.8 Å². The maximum Gasteiger partial charge on any atom is 0.417 e. The first-order valence-electron chi connectivity index (χ1n) is 12.4. The van der Waals surface area contributed by atoms with E-state index in [2.05, 4.69) is 26.3 Å². The molecule has 3 aromatic rings. The van der Waals surface area contributed by atoms with Crippen LogP contribution < -0.4 is 26.0 Å². The summed E-state index contributed by atoms with van der Waals surface area (Å²) in [6.45, 7) is 0.267. The molecule has 15 heteroatoms. The second-order valence-corrected chi connectivity index (χ2v) is 9.40. The molecule has 2 fully saturated rings. The molecule has 11 nitrogen and oxygen atoms in total. The molecule has 2 aliphatic heterocycles. The van der Waals surface area contributed by atoms with Crippen LogP contribution in [0, 0.1) is 0 Å². The van der Waals surface area contributed by atoms with Crippen LogP contribution in [-0.4, -0.2) is 53.4 Å². The zero-order valence-electron chi connectivity index (χ0n) is 21.9. The normalized spacial score (nSPS) is 15.6. The Balaban J connectivity index is 0.000000337. The second kappa shape index (κ2) is 12.8. The number of benzene rings is 2. The van der Waals surface area contributed by atoms with Gasteiger partial charge >= 0.3 is 12.2 Å². The molecule has 2 aliphatic rings. The highest BCUT2D eigenvalue weighted by Crippen LogP contribution is 2.36. The number of hydrogen-bond donors (Lipinski definition) is 4. The van der Waals surface area contributed by atoms with Gasteiger partial charge in [-0.25, -0.2) is 4.79 Å². The number of amides is 5. The summed E-state index contributed by atoms with van der Waals surface area (Å²) >= 11 is 5.57. The summed E-state index contributed by atoms with van der Waals surface area (Å²) in [6.07, 6.45) is -1.83. The fourth-order valence-corrected chi connectivity index (χ4v) is 4.28. The summed E-state index contributed by atoms with van der Waals surface area (Å²) in [4.78, 5) is 50.9. The summed E-state index contributed by atoms with van der Waals surface area (Å²) in [5, 5.41) is 9.54. The van der Waals surface area contributed by atoms with Crippen molar-refractivity contribution in [2.75, 3.05) is 24.2 Å². The Morgan fingerprint density at radius 1 is 1.02 bits per heavy atom. The molecule has 42 heavy (non-hydrogen) atoms. The number of halogens is 4. The third-order valence-corrected chi connectivity index (χ3v) is 6.37. The number of ether oxygens (including phenoxy) is 1. The molecule has 1 atom stereocenters. The molecule has 5 rings (SSSR count). The molecule has 0 bridgehead atoms. The van der Waals surface area contributed by atoms with Gasteiger partial charge < -0.3 is 30.9 Å². The number of nitrogens with one attached hydrogen (secondary N) is 4. The third kappa shape index (κ3) is 7.66. The average Bonchev–Trinajstić information content (AvgIpc) is 3.49. The number of nitrogens with zero attached hydrogens (tertiary/aromatic N) is 2. The van der Waals surface area contributed by atoms with Crippen molar-refractivity contribution in [2.45, 2.75) is 25.2 Å². The molecule has 2 saturated heterocycles. The Bertz CT molecular complexity index is 1500. The molecule has 0 saturated carbocycles. The highest BCUT2D eigenvalue weighted by molar-refractivity contribution is 6.31. The van der Waals surface area contributed by atoms with E-state index in [0.29, 0.717) is 23.6 Å². The molecular weight excluding hydrogens is 581 g/mol. The smallest absolute Gasteiger partial charge is 0.417 e. The highest BCUT2D eigenvalue weighted by Gasteiger charge is 2.38. The van der Waals surface area contributed by atoms with Gasteiger partial charge in [0, 0.05) is 37.1 Å². The Hall–Kier alpha value is -4.85. The van der Waals surface area contributed by atoms with Crippen molar-refractivity contribution in [3.63, 3.8) is 0 Å².